The van der Waals surface area contributed by atoms with Crippen LogP contribution < -0.4 is 5.32 Å². The first-order valence-electron chi connectivity index (χ1n) is 9.55. The number of hydrogen-bond donors (Lipinski definition) is 1. The van der Waals surface area contributed by atoms with E-state index in [9.17, 15) is 13.6 Å². The van der Waals surface area contributed by atoms with Crippen LogP contribution in [0.5, 0.6) is 0 Å². The van der Waals surface area contributed by atoms with E-state index in [0.717, 1.165) is 17.8 Å². The van der Waals surface area contributed by atoms with E-state index >= 15 is 0 Å². The van der Waals surface area contributed by atoms with E-state index < -0.39 is 11.6 Å². The summed E-state index contributed by atoms with van der Waals surface area (Å²) >= 11 is 0. The SMILES string of the molecule is Cc1ccc(Cn2cccc2CN(C(=O)Nc2ccc(F)c(F)c2)C(C)C)cc1. The third-order valence-electron chi connectivity index (χ3n) is 4.78. The van der Waals surface area contributed by atoms with Crippen LogP contribution in [0.2, 0.25) is 0 Å². The van der Waals surface area contributed by atoms with Crippen molar-refractivity contribution in [3.8, 4) is 0 Å². The molecule has 2 aromatic carbocycles. The molecule has 4 nitrogen and oxygen atoms in total. The number of benzene rings is 2. The highest BCUT2D eigenvalue weighted by molar-refractivity contribution is 5.89. The minimum atomic E-state index is -0.995. The van der Waals surface area contributed by atoms with Crippen LogP contribution >= 0.6 is 0 Å². The Morgan fingerprint density at radius 2 is 1.79 bits per heavy atom. The summed E-state index contributed by atoms with van der Waals surface area (Å²) in [5.41, 5.74) is 3.59. The van der Waals surface area contributed by atoms with Crippen LogP contribution in [0.25, 0.3) is 0 Å². The monoisotopic (exact) mass is 397 g/mol. The van der Waals surface area contributed by atoms with Gasteiger partial charge >= 0.3 is 6.03 Å². The summed E-state index contributed by atoms with van der Waals surface area (Å²) in [5, 5.41) is 2.65. The number of halogens is 2. The quantitative estimate of drug-likeness (QED) is 0.580. The van der Waals surface area contributed by atoms with Crippen molar-refractivity contribution in [3.05, 3.63) is 89.2 Å². The van der Waals surface area contributed by atoms with E-state index in [2.05, 4.69) is 41.1 Å². The van der Waals surface area contributed by atoms with Gasteiger partial charge in [0, 0.05) is 36.2 Å². The minimum absolute atomic E-state index is 0.0805. The molecule has 29 heavy (non-hydrogen) atoms. The standard InChI is InChI=1S/C23H25F2N3O/c1-16(2)28(23(29)26-19-10-11-21(24)22(25)13-19)15-20-5-4-12-27(20)14-18-8-6-17(3)7-9-18/h4-13,16H,14-15H2,1-3H3,(H,26,29). The first-order valence-corrected chi connectivity index (χ1v) is 9.55. The van der Waals surface area contributed by atoms with E-state index in [-0.39, 0.29) is 17.8 Å². The number of nitrogens with zero attached hydrogens (tertiary/aromatic N) is 2. The molecule has 3 aromatic rings. The molecule has 0 bridgehead atoms. The van der Waals surface area contributed by atoms with Crippen LogP contribution in [-0.4, -0.2) is 21.5 Å². The third kappa shape index (κ3) is 5.22. The lowest BCUT2D eigenvalue weighted by Gasteiger charge is -2.27. The van der Waals surface area contributed by atoms with E-state index in [1.54, 1.807) is 4.90 Å². The Kier molecular flexibility index (Phi) is 6.32. The summed E-state index contributed by atoms with van der Waals surface area (Å²) in [5.74, 6) is -1.94. The van der Waals surface area contributed by atoms with E-state index in [1.165, 1.54) is 17.2 Å². The predicted molar refractivity (Wildman–Crippen MR) is 111 cm³/mol. The van der Waals surface area contributed by atoms with Gasteiger partial charge in [0.1, 0.15) is 0 Å². The fraction of sp³-hybridized carbons (Fsp3) is 0.261. The average molecular weight is 397 g/mol. The number of amides is 2. The van der Waals surface area contributed by atoms with Crippen LogP contribution in [-0.2, 0) is 13.1 Å². The highest BCUT2D eigenvalue weighted by atomic mass is 19.2. The topological polar surface area (TPSA) is 37.3 Å². The molecule has 152 valence electrons. The van der Waals surface area contributed by atoms with Crippen molar-refractivity contribution < 1.29 is 13.6 Å². The molecule has 0 aliphatic carbocycles. The molecule has 0 spiro atoms. The van der Waals surface area contributed by atoms with E-state index in [1.807, 2.05) is 32.2 Å². The Balaban J connectivity index is 1.73. The van der Waals surface area contributed by atoms with Gasteiger partial charge in [-0.2, -0.15) is 0 Å². The number of anilines is 1. The highest BCUT2D eigenvalue weighted by Gasteiger charge is 2.19. The Hall–Kier alpha value is -3.15. The number of carbonyl (C=O) groups excluding carboxylic acids is 1. The van der Waals surface area contributed by atoms with Crippen molar-refractivity contribution >= 4 is 11.7 Å². The summed E-state index contributed by atoms with van der Waals surface area (Å²) < 4.78 is 28.7. The van der Waals surface area contributed by atoms with Gasteiger partial charge in [0.15, 0.2) is 11.6 Å². The second-order valence-corrected chi connectivity index (χ2v) is 7.39. The summed E-state index contributed by atoms with van der Waals surface area (Å²) in [4.78, 5) is 14.4. The zero-order chi connectivity index (χ0) is 21.0. The number of aromatic nitrogens is 1. The maximum absolute atomic E-state index is 13.4. The van der Waals surface area contributed by atoms with Gasteiger partial charge < -0.3 is 14.8 Å². The summed E-state index contributed by atoms with van der Waals surface area (Å²) in [6.45, 7) is 6.98. The molecule has 0 radical (unpaired) electrons. The van der Waals surface area contributed by atoms with Gasteiger partial charge in [-0.15, -0.1) is 0 Å². The molecular weight excluding hydrogens is 372 g/mol. The van der Waals surface area contributed by atoms with Crippen molar-refractivity contribution in [3.63, 3.8) is 0 Å². The molecule has 0 saturated carbocycles. The Morgan fingerprint density at radius 3 is 2.45 bits per heavy atom. The molecule has 1 aromatic heterocycles. The zero-order valence-corrected chi connectivity index (χ0v) is 16.8. The van der Waals surface area contributed by atoms with Crippen LogP contribution in [0.1, 0.15) is 30.7 Å². The molecule has 0 aliphatic heterocycles. The lowest BCUT2D eigenvalue weighted by atomic mass is 10.1. The molecule has 0 saturated heterocycles. The normalized spacial score (nSPS) is 11.0. The molecule has 2 amide bonds. The second-order valence-electron chi connectivity index (χ2n) is 7.39. The lowest BCUT2D eigenvalue weighted by Crippen LogP contribution is -2.40. The first-order chi connectivity index (χ1) is 13.8. The zero-order valence-electron chi connectivity index (χ0n) is 16.8. The van der Waals surface area contributed by atoms with E-state index in [0.29, 0.717) is 13.1 Å². The van der Waals surface area contributed by atoms with Crippen LogP contribution in [0.3, 0.4) is 0 Å². The number of urea groups is 1. The van der Waals surface area contributed by atoms with Crippen LogP contribution in [0.15, 0.2) is 60.8 Å². The number of rotatable bonds is 6. The van der Waals surface area contributed by atoms with Gasteiger partial charge in [-0.1, -0.05) is 29.8 Å². The van der Waals surface area contributed by atoms with Crippen LogP contribution in [0, 0.1) is 18.6 Å². The summed E-state index contributed by atoms with van der Waals surface area (Å²) in [6.07, 6.45) is 1.99. The fourth-order valence-electron chi connectivity index (χ4n) is 3.07. The number of aryl methyl sites for hydroxylation is 1. The Morgan fingerprint density at radius 1 is 1.07 bits per heavy atom. The van der Waals surface area contributed by atoms with Gasteiger partial charge in [-0.05, 0) is 50.6 Å². The minimum Gasteiger partial charge on any atom is -0.345 e. The predicted octanol–water partition coefficient (Wildman–Crippen LogP) is 5.57. The number of carbonyl (C=O) groups is 1. The van der Waals surface area contributed by atoms with Crippen molar-refractivity contribution in [1.29, 1.82) is 0 Å². The molecule has 0 aliphatic rings. The average Bonchev–Trinajstić information content (AvgIpc) is 3.11. The van der Waals surface area contributed by atoms with Gasteiger partial charge in [0.05, 0.1) is 6.54 Å². The second kappa shape index (κ2) is 8.90. The Labute approximate surface area is 169 Å². The van der Waals surface area contributed by atoms with Gasteiger partial charge in [0.2, 0.25) is 0 Å². The van der Waals surface area contributed by atoms with Crippen LogP contribution in [0.4, 0.5) is 19.3 Å². The molecule has 0 fully saturated rings. The lowest BCUT2D eigenvalue weighted by molar-refractivity contribution is 0.192. The molecule has 6 heteroatoms. The van der Waals surface area contributed by atoms with Gasteiger partial charge in [-0.25, -0.2) is 13.6 Å². The highest BCUT2D eigenvalue weighted by Crippen LogP contribution is 2.17. The largest absolute Gasteiger partial charge is 0.345 e. The molecule has 1 heterocycles. The fourth-order valence-corrected chi connectivity index (χ4v) is 3.07. The summed E-state index contributed by atoms with van der Waals surface area (Å²) in [6, 6.07) is 15.1. The molecule has 0 atom stereocenters. The van der Waals surface area contributed by atoms with Gasteiger partial charge in [0.25, 0.3) is 0 Å². The van der Waals surface area contributed by atoms with Crippen molar-refractivity contribution in [2.75, 3.05) is 5.32 Å². The molecule has 1 N–H and O–H groups in total. The molecule has 3 rings (SSSR count). The van der Waals surface area contributed by atoms with Gasteiger partial charge in [-0.3, -0.25) is 0 Å². The van der Waals surface area contributed by atoms with E-state index in [4.69, 9.17) is 0 Å². The molecule has 0 unspecified atom stereocenters. The smallest absolute Gasteiger partial charge is 0.322 e. The summed E-state index contributed by atoms with van der Waals surface area (Å²) in [7, 11) is 0. The third-order valence-corrected chi connectivity index (χ3v) is 4.78. The van der Waals surface area contributed by atoms with Crippen molar-refractivity contribution in [1.82, 2.24) is 9.47 Å². The molecular formula is C23H25F2N3O. The Bertz CT molecular complexity index is 980. The number of nitrogens with one attached hydrogen (secondary N) is 1. The van der Waals surface area contributed by atoms with Crippen molar-refractivity contribution in [2.45, 2.75) is 39.9 Å². The maximum Gasteiger partial charge on any atom is 0.322 e. The maximum atomic E-state index is 13.4. The number of hydrogen-bond acceptors (Lipinski definition) is 1. The van der Waals surface area contributed by atoms with Crippen molar-refractivity contribution in [2.24, 2.45) is 0 Å². The first kappa shape index (κ1) is 20.6.